The molecule has 0 saturated carbocycles. The van der Waals surface area contributed by atoms with Crippen molar-refractivity contribution >= 4 is 6.98 Å². The van der Waals surface area contributed by atoms with Gasteiger partial charge < -0.3 is 27.3 Å². The van der Waals surface area contributed by atoms with Crippen LogP contribution in [0.5, 0.6) is 0 Å². The third-order valence-electron chi connectivity index (χ3n) is 2.36. The Bertz CT molecular complexity index is 178. The van der Waals surface area contributed by atoms with Gasteiger partial charge in [0.25, 0.3) is 0 Å². The molecule has 3 nitrogen and oxygen atoms in total. The number of halogens is 3. The van der Waals surface area contributed by atoms with Crippen LogP contribution in [0.15, 0.2) is 0 Å². The highest BCUT2D eigenvalue weighted by Crippen LogP contribution is 2.19. The number of nitrogens with zero attached hydrogens (tertiary/aromatic N) is 1. The first-order valence-corrected chi connectivity index (χ1v) is 4.45. The monoisotopic (exact) mass is 212 g/mol. The molecule has 0 bridgehead atoms. The van der Waals surface area contributed by atoms with Gasteiger partial charge in [0, 0.05) is 27.3 Å². The Morgan fingerprint density at radius 3 is 1.86 bits per heavy atom. The maximum absolute atomic E-state index is 12.1. The lowest BCUT2D eigenvalue weighted by atomic mass is 9.91. The molecule has 0 aromatic rings. The Labute approximate surface area is 81.2 Å². The highest BCUT2D eigenvalue weighted by atomic mass is 19.4. The molecule has 1 rings (SSSR count). The zero-order valence-corrected chi connectivity index (χ0v) is 8.25. The standard InChI is InChI=1S/C7H14BF3NO2/c1-13-6-3-12(4-7(6)14-2)5-8(9,10)11/h6-7H,3-5H2,1-2H3/q-1. The van der Waals surface area contributed by atoms with Gasteiger partial charge in [-0.3, -0.25) is 0 Å². The molecular weight excluding hydrogens is 198 g/mol. The molecule has 2 atom stereocenters. The third kappa shape index (κ3) is 3.15. The lowest BCUT2D eigenvalue weighted by molar-refractivity contribution is -0.00461. The smallest absolute Gasteiger partial charge is 0.448 e. The highest BCUT2D eigenvalue weighted by molar-refractivity contribution is 6.58. The molecule has 1 aliphatic rings. The number of likely N-dealkylation sites (tertiary alicyclic amines) is 1. The molecule has 1 fully saturated rings. The Kier molecular flexibility index (Phi) is 3.80. The van der Waals surface area contributed by atoms with Crippen LogP contribution < -0.4 is 0 Å². The number of ether oxygens (including phenoxy) is 2. The summed E-state index contributed by atoms with van der Waals surface area (Å²) in [5.74, 6) is 0. The first-order chi connectivity index (χ1) is 6.46. The summed E-state index contributed by atoms with van der Waals surface area (Å²) in [6.07, 6.45) is -1.34. The van der Waals surface area contributed by atoms with E-state index in [1.54, 1.807) is 0 Å². The fourth-order valence-electron chi connectivity index (χ4n) is 1.71. The first-order valence-electron chi connectivity index (χ1n) is 4.45. The fourth-order valence-corrected chi connectivity index (χ4v) is 1.71. The average Bonchev–Trinajstić information content (AvgIpc) is 2.43. The summed E-state index contributed by atoms with van der Waals surface area (Å²) in [6, 6.07) is 0. The van der Waals surface area contributed by atoms with Crippen LogP contribution in [-0.2, 0) is 9.47 Å². The van der Waals surface area contributed by atoms with E-state index >= 15 is 0 Å². The summed E-state index contributed by atoms with van der Waals surface area (Å²) in [7, 11) is 2.97. The van der Waals surface area contributed by atoms with Gasteiger partial charge in [-0.05, 0) is 6.44 Å². The molecule has 0 radical (unpaired) electrons. The zero-order valence-electron chi connectivity index (χ0n) is 8.25. The van der Waals surface area contributed by atoms with Crippen LogP contribution in [0.1, 0.15) is 0 Å². The molecule has 1 heterocycles. The molecule has 2 unspecified atom stereocenters. The van der Waals surface area contributed by atoms with Crippen LogP contribution in [-0.4, -0.2) is 57.8 Å². The summed E-state index contributed by atoms with van der Waals surface area (Å²) < 4.78 is 46.4. The van der Waals surface area contributed by atoms with Gasteiger partial charge in [-0.2, -0.15) is 0 Å². The Hall–Kier alpha value is -0.265. The van der Waals surface area contributed by atoms with Crippen molar-refractivity contribution in [3.8, 4) is 0 Å². The lowest BCUT2D eigenvalue weighted by Crippen LogP contribution is -2.37. The van der Waals surface area contributed by atoms with Gasteiger partial charge in [-0.25, -0.2) is 0 Å². The van der Waals surface area contributed by atoms with Crippen LogP contribution in [0, 0.1) is 0 Å². The predicted octanol–water partition coefficient (Wildman–Crippen LogP) is 0.719. The van der Waals surface area contributed by atoms with E-state index in [-0.39, 0.29) is 25.3 Å². The largest absolute Gasteiger partial charge is 0.492 e. The minimum atomic E-state index is -4.75. The SMILES string of the molecule is COC1CN(C[B-](F)(F)F)CC1OC. The Balaban J connectivity index is 2.45. The van der Waals surface area contributed by atoms with Gasteiger partial charge in [-0.15, -0.1) is 0 Å². The quantitative estimate of drug-likeness (QED) is 0.641. The van der Waals surface area contributed by atoms with Crippen molar-refractivity contribution in [3.63, 3.8) is 0 Å². The summed E-state index contributed by atoms with van der Waals surface area (Å²) in [5, 5.41) is 0. The highest BCUT2D eigenvalue weighted by Gasteiger charge is 2.36. The van der Waals surface area contributed by atoms with Gasteiger partial charge in [0.15, 0.2) is 0 Å². The van der Waals surface area contributed by atoms with Crippen LogP contribution in [0.2, 0.25) is 0 Å². The van der Waals surface area contributed by atoms with Crippen molar-refractivity contribution in [1.82, 2.24) is 4.90 Å². The van der Waals surface area contributed by atoms with Crippen molar-refractivity contribution in [1.29, 1.82) is 0 Å². The molecule has 0 spiro atoms. The maximum Gasteiger partial charge on any atom is 0.492 e. The zero-order chi connectivity index (χ0) is 10.8. The number of rotatable bonds is 4. The topological polar surface area (TPSA) is 21.7 Å². The Morgan fingerprint density at radius 1 is 1.14 bits per heavy atom. The molecule has 0 aliphatic carbocycles. The third-order valence-corrected chi connectivity index (χ3v) is 2.36. The van der Waals surface area contributed by atoms with Crippen LogP contribution in [0.4, 0.5) is 12.9 Å². The summed E-state index contributed by atoms with van der Waals surface area (Å²) in [6.45, 7) is -4.18. The molecule has 1 aliphatic heterocycles. The minimum absolute atomic E-state index is 0.252. The molecule has 1 saturated heterocycles. The number of methoxy groups -OCH3 is 2. The Morgan fingerprint density at radius 2 is 1.57 bits per heavy atom. The molecular formula is C7H14BF3NO2-. The van der Waals surface area contributed by atoms with E-state index < -0.39 is 13.4 Å². The second-order valence-corrected chi connectivity index (χ2v) is 3.48. The van der Waals surface area contributed by atoms with E-state index in [9.17, 15) is 12.9 Å². The normalized spacial score (nSPS) is 29.8. The summed E-state index contributed by atoms with van der Waals surface area (Å²) in [4.78, 5) is 1.32. The second-order valence-electron chi connectivity index (χ2n) is 3.48. The lowest BCUT2D eigenvalue weighted by Gasteiger charge is -2.22. The molecule has 0 N–H and O–H groups in total. The van der Waals surface area contributed by atoms with E-state index in [0.717, 1.165) is 0 Å². The molecule has 0 amide bonds. The molecule has 0 aromatic heterocycles. The number of hydrogen-bond donors (Lipinski definition) is 0. The van der Waals surface area contributed by atoms with E-state index in [1.165, 1.54) is 19.1 Å². The minimum Gasteiger partial charge on any atom is -0.448 e. The van der Waals surface area contributed by atoms with Gasteiger partial charge in [0.2, 0.25) is 0 Å². The van der Waals surface area contributed by atoms with Gasteiger partial charge in [0.05, 0.1) is 12.2 Å². The van der Waals surface area contributed by atoms with E-state index in [4.69, 9.17) is 9.47 Å². The average molecular weight is 212 g/mol. The van der Waals surface area contributed by atoms with Crippen molar-refractivity contribution in [2.24, 2.45) is 0 Å². The van der Waals surface area contributed by atoms with Crippen LogP contribution >= 0.6 is 0 Å². The van der Waals surface area contributed by atoms with E-state index in [0.29, 0.717) is 0 Å². The van der Waals surface area contributed by atoms with E-state index in [1.807, 2.05) is 0 Å². The van der Waals surface area contributed by atoms with Crippen LogP contribution in [0.3, 0.4) is 0 Å². The number of hydrogen-bond acceptors (Lipinski definition) is 3. The van der Waals surface area contributed by atoms with Crippen LogP contribution in [0.25, 0.3) is 0 Å². The van der Waals surface area contributed by atoms with Crippen molar-refractivity contribution in [2.75, 3.05) is 33.8 Å². The fraction of sp³-hybridized carbons (Fsp3) is 1.00. The molecule has 14 heavy (non-hydrogen) atoms. The van der Waals surface area contributed by atoms with Gasteiger partial charge in [0.1, 0.15) is 0 Å². The summed E-state index contributed by atoms with van der Waals surface area (Å²) in [5.41, 5.74) is 0. The summed E-state index contributed by atoms with van der Waals surface area (Å²) >= 11 is 0. The maximum atomic E-state index is 12.1. The molecule has 7 heteroatoms. The second kappa shape index (κ2) is 4.50. The van der Waals surface area contributed by atoms with E-state index in [2.05, 4.69) is 0 Å². The van der Waals surface area contributed by atoms with Gasteiger partial charge in [-0.1, -0.05) is 0 Å². The van der Waals surface area contributed by atoms with Crippen molar-refractivity contribution in [2.45, 2.75) is 12.2 Å². The predicted molar refractivity (Wildman–Crippen MR) is 47.1 cm³/mol. The van der Waals surface area contributed by atoms with Crippen molar-refractivity contribution < 1.29 is 22.4 Å². The van der Waals surface area contributed by atoms with Crippen molar-refractivity contribution in [3.05, 3.63) is 0 Å². The molecule has 84 valence electrons. The molecule has 0 aromatic carbocycles. The van der Waals surface area contributed by atoms with Gasteiger partial charge >= 0.3 is 6.98 Å². The first kappa shape index (κ1) is 11.8.